The maximum atomic E-state index is 13.1. The topological polar surface area (TPSA) is 77.8 Å². The fourth-order valence-electron chi connectivity index (χ4n) is 4.08. The zero-order valence-electron chi connectivity index (χ0n) is 20.0. The van der Waals surface area contributed by atoms with Gasteiger partial charge in [-0.05, 0) is 65.9 Å². The van der Waals surface area contributed by atoms with Gasteiger partial charge in [-0.2, -0.15) is 0 Å². The molecule has 0 bridgehead atoms. The molecule has 0 aliphatic rings. The molecule has 1 amide bonds. The van der Waals surface area contributed by atoms with Crippen molar-refractivity contribution in [3.63, 3.8) is 0 Å². The quantitative estimate of drug-likeness (QED) is 0.196. The standard InChI is InChI=1S/C29H23NO5S/c1-17-6-4-7-20(14-17)28(32)30-29-27(25-8-5-13-36-25)26-23(34-18(2)31)15-21(16-24(26)35-29)19-9-11-22(33-3)12-10-19/h4-16H,1-3H3,(H,30,32). The average molecular weight is 498 g/mol. The molecule has 6 nitrogen and oxygen atoms in total. The van der Waals surface area contributed by atoms with Crippen molar-refractivity contribution in [2.45, 2.75) is 13.8 Å². The van der Waals surface area contributed by atoms with Gasteiger partial charge in [-0.25, -0.2) is 0 Å². The lowest BCUT2D eigenvalue weighted by atomic mass is 10.0. The molecule has 1 N–H and O–H groups in total. The summed E-state index contributed by atoms with van der Waals surface area (Å²) in [6.45, 7) is 3.29. The zero-order chi connectivity index (χ0) is 25.2. The molecule has 0 fully saturated rings. The normalized spacial score (nSPS) is 10.9. The fourth-order valence-corrected chi connectivity index (χ4v) is 4.86. The van der Waals surface area contributed by atoms with Crippen LogP contribution in [0.4, 0.5) is 5.88 Å². The summed E-state index contributed by atoms with van der Waals surface area (Å²) in [5, 5.41) is 5.49. The van der Waals surface area contributed by atoms with Crippen LogP contribution in [0.25, 0.3) is 32.5 Å². The van der Waals surface area contributed by atoms with E-state index in [1.807, 2.05) is 79.0 Å². The number of thiophene rings is 1. The number of esters is 1. The number of carbonyl (C=O) groups is 2. The van der Waals surface area contributed by atoms with Crippen LogP contribution in [0.3, 0.4) is 0 Å². The maximum Gasteiger partial charge on any atom is 0.308 e. The summed E-state index contributed by atoms with van der Waals surface area (Å²) in [6.07, 6.45) is 0. The van der Waals surface area contributed by atoms with E-state index in [-0.39, 0.29) is 5.91 Å². The van der Waals surface area contributed by atoms with Crippen LogP contribution < -0.4 is 14.8 Å². The summed E-state index contributed by atoms with van der Waals surface area (Å²) >= 11 is 1.50. The molecular weight excluding hydrogens is 474 g/mol. The summed E-state index contributed by atoms with van der Waals surface area (Å²) in [5.41, 5.74) is 4.34. The van der Waals surface area contributed by atoms with E-state index in [9.17, 15) is 9.59 Å². The Bertz CT molecular complexity index is 1570. The molecule has 2 heterocycles. The number of carbonyl (C=O) groups excluding carboxylic acids is 2. The first-order valence-electron chi connectivity index (χ1n) is 11.3. The van der Waals surface area contributed by atoms with Gasteiger partial charge in [0, 0.05) is 17.4 Å². The first-order valence-corrected chi connectivity index (χ1v) is 12.2. The van der Waals surface area contributed by atoms with Crippen LogP contribution in [-0.2, 0) is 4.79 Å². The van der Waals surface area contributed by atoms with E-state index in [0.29, 0.717) is 33.7 Å². The molecule has 2 aromatic heterocycles. The Hall–Kier alpha value is -4.36. The Labute approximate surface area is 212 Å². The van der Waals surface area contributed by atoms with Gasteiger partial charge < -0.3 is 13.9 Å². The van der Waals surface area contributed by atoms with E-state index >= 15 is 0 Å². The molecular formula is C29H23NO5S. The van der Waals surface area contributed by atoms with Crippen molar-refractivity contribution in [1.82, 2.24) is 0 Å². The second-order valence-corrected chi connectivity index (χ2v) is 9.22. The van der Waals surface area contributed by atoms with Gasteiger partial charge in [-0.1, -0.05) is 35.9 Å². The predicted molar refractivity (Wildman–Crippen MR) is 142 cm³/mol. The smallest absolute Gasteiger partial charge is 0.308 e. The van der Waals surface area contributed by atoms with Gasteiger partial charge in [0.2, 0.25) is 5.88 Å². The molecule has 36 heavy (non-hydrogen) atoms. The highest BCUT2D eigenvalue weighted by Gasteiger charge is 2.24. The average Bonchev–Trinajstić information content (AvgIpc) is 3.51. The number of aryl methyl sites for hydroxylation is 1. The number of fused-ring (bicyclic) bond motifs is 1. The van der Waals surface area contributed by atoms with E-state index in [1.165, 1.54) is 18.3 Å². The Morgan fingerprint density at radius 3 is 2.42 bits per heavy atom. The highest BCUT2D eigenvalue weighted by molar-refractivity contribution is 7.13. The number of amides is 1. The van der Waals surface area contributed by atoms with Crippen molar-refractivity contribution < 1.29 is 23.5 Å². The molecule has 0 unspecified atom stereocenters. The van der Waals surface area contributed by atoms with Gasteiger partial charge in [-0.15, -0.1) is 11.3 Å². The van der Waals surface area contributed by atoms with Gasteiger partial charge in [0.15, 0.2) is 0 Å². The highest BCUT2D eigenvalue weighted by atomic mass is 32.1. The number of furan rings is 1. The number of anilines is 1. The molecule has 0 radical (unpaired) electrons. The lowest BCUT2D eigenvalue weighted by Crippen LogP contribution is -2.12. The van der Waals surface area contributed by atoms with Crippen molar-refractivity contribution in [3.05, 3.63) is 89.3 Å². The fraction of sp³-hybridized carbons (Fsp3) is 0.103. The number of methoxy groups -OCH3 is 1. The largest absolute Gasteiger partial charge is 0.497 e. The van der Waals surface area contributed by atoms with E-state index < -0.39 is 5.97 Å². The van der Waals surface area contributed by atoms with Crippen molar-refractivity contribution in [3.8, 4) is 33.1 Å². The molecule has 0 atom stereocenters. The van der Waals surface area contributed by atoms with Crippen molar-refractivity contribution in [2.24, 2.45) is 0 Å². The van der Waals surface area contributed by atoms with Crippen LogP contribution in [0, 0.1) is 6.92 Å². The van der Waals surface area contributed by atoms with Gasteiger partial charge in [0.1, 0.15) is 17.1 Å². The minimum Gasteiger partial charge on any atom is -0.497 e. The third-order valence-electron chi connectivity index (χ3n) is 5.71. The minimum atomic E-state index is -0.452. The zero-order valence-corrected chi connectivity index (χ0v) is 20.8. The summed E-state index contributed by atoms with van der Waals surface area (Å²) in [5.74, 6) is 0.638. The first kappa shape index (κ1) is 23.4. The molecule has 5 aromatic rings. The lowest BCUT2D eigenvalue weighted by molar-refractivity contribution is -0.131. The van der Waals surface area contributed by atoms with E-state index in [4.69, 9.17) is 13.9 Å². The monoisotopic (exact) mass is 497 g/mol. The van der Waals surface area contributed by atoms with E-state index in [0.717, 1.165) is 27.3 Å². The highest BCUT2D eigenvalue weighted by Crippen LogP contribution is 2.46. The van der Waals surface area contributed by atoms with Crippen LogP contribution in [0.15, 0.2) is 82.6 Å². The molecule has 3 aromatic carbocycles. The number of hydrogen-bond acceptors (Lipinski definition) is 6. The van der Waals surface area contributed by atoms with Crippen molar-refractivity contribution >= 4 is 40.1 Å². The molecule has 0 saturated carbocycles. The van der Waals surface area contributed by atoms with E-state index in [1.54, 1.807) is 13.2 Å². The Morgan fingerprint density at radius 1 is 0.944 bits per heavy atom. The number of hydrogen-bond donors (Lipinski definition) is 1. The first-order chi connectivity index (χ1) is 17.4. The lowest BCUT2D eigenvalue weighted by Gasteiger charge is -2.09. The Kier molecular flexibility index (Phi) is 6.31. The Morgan fingerprint density at radius 2 is 1.75 bits per heavy atom. The van der Waals surface area contributed by atoms with Crippen molar-refractivity contribution in [1.29, 1.82) is 0 Å². The number of rotatable bonds is 6. The minimum absolute atomic E-state index is 0.291. The van der Waals surface area contributed by atoms with Crippen LogP contribution in [0.1, 0.15) is 22.8 Å². The maximum absolute atomic E-state index is 13.1. The van der Waals surface area contributed by atoms with Crippen LogP contribution in [0.5, 0.6) is 11.5 Å². The molecule has 7 heteroatoms. The molecule has 0 saturated heterocycles. The molecule has 0 aliphatic heterocycles. The second-order valence-electron chi connectivity index (χ2n) is 8.28. The predicted octanol–water partition coefficient (Wildman–Crippen LogP) is 7.32. The third-order valence-corrected chi connectivity index (χ3v) is 6.59. The van der Waals surface area contributed by atoms with Gasteiger partial charge in [-0.3, -0.25) is 14.9 Å². The van der Waals surface area contributed by atoms with Crippen LogP contribution in [-0.4, -0.2) is 19.0 Å². The molecule has 0 aliphatic carbocycles. The number of ether oxygens (including phenoxy) is 2. The molecule has 0 spiro atoms. The summed E-state index contributed by atoms with van der Waals surface area (Å²) < 4.78 is 17.2. The van der Waals surface area contributed by atoms with Gasteiger partial charge in [0.25, 0.3) is 5.91 Å². The summed E-state index contributed by atoms with van der Waals surface area (Å²) in [7, 11) is 1.61. The number of nitrogens with one attached hydrogen (secondary N) is 1. The van der Waals surface area contributed by atoms with Gasteiger partial charge >= 0.3 is 5.97 Å². The SMILES string of the molecule is COc1ccc(-c2cc(OC(C)=O)c3c(-c4cccs4)c(NC(=O)c4cccc(C)c4)oc3c2)cc1. The molecule has 5 rings (SSSR count). The van der Waals surface area contributed by atoms with E-state index in [2.05, 4.69) is 5.32 Å². The van der Waals surface area contributed by atoms with Crippen LogP contribution >= 0.6 is 11.3 Å². The number of benzene rings is 3. The molecule has 180 valence electrons. The third kappa shape index (κ3) is 4.61. The second kappa shape index (κ2) is 9.71. The van der Waals surface area contributed by atoms with Gasteiger partial charge in [0.05, 0.1) is 18.1 Å². The van der Waals surface area contributed by atoms with Crippen molar-refractivity contribution in [2.75, 3.05) is 12.4 Å². The Balaban J connectivity index is 1.69. The summed E-state index contributed by atoms with van der Waals surface area (Å²) in [4.78, 5) is 26.0. The summed E-state index contributed by atoms with van der Waals surface area (Å²) in [6, 6.07) is 22.4. The van der Waals surface area contributed by atoms with Crippen LogP contribution in [0.2, 0.25) is 0 Å².